The first-order valence-corrected chi connectivity index (χ1v) is 6.64. The van der Waals surface area contributed by atoms with Crippen LogP contribution in [0.5, 0.6) is 0 Å². The van der Waals surface area contributed by atoms with Crippen LogP contribution in [0.4, 0.5) is 10.5 Å². The number of aryl methyl sites for hydroxylation is 2. The number of anilines is 1. The molecule has 1 aromatic carbocycles. The summed E-state index contributed by atoms with van der Waals surface area (Å²) in [4.78, 5) is 16.7. The Hall–Kier alpha value is -1.95. The van der Waals surface area contributed by atoms with Gasteiger partial charge >= 0.3 is 6.03 Å². The van der Waals surface area contributed by atoms with Crippen molar-refractivity contribution in [1.82, 2.24) is 5.32 Å². The highest BCUT2D eigenvalue weighted by atomic mass is 35.5. The van der Waals surface area contributed by atoms with Gasteiger partial charge < -0.3 is 15.9 Å². The molecule has 2 amide bonds. The van der Waals surface area contributed by atoms with Crippen molar-refractivity contribution < 1.29 is 9.63 Å². The fourth-order valence-electron chi connectivity index (χ4n) is 1.62. The topological polar surface area (TPSA) is 88.7 Å². The SMILES string of the molecule is CCCCON=C(N)NC(=O)Nc1c(C)cccc1C.Cl. The maximum absolute atomic E-state index is 11.8. The van der Waals surface area contributed by atoms with E-state index in [0.29, 0.717) is 6.61 Å². The number of nitrogens with two attached hydrogens (primary N) is 1. The molecule has 0 radical (unpaired) electrons. The van der Waals surface area contributed by atoms with Crippen LogP contribution in [0.25, 0.3) is 0 Å². The van der Waals surface area contributed by atoms with Crippen molar-refractivity contribution in [1.29, 1.82) is 0 Å². The van der Waals surface area contributed by atoms with Crippen molar-refractivity contribution in [3.63, 3.8) is 0 Å². The molecule has 0 bridgehead atoms. The smallest absolute Gasteiger partial charge is 0.326 e. The summed E-state index contributed by atoms with van der Waals surface area (Å²) in [5.41, 5.74) is 8.27. The van der Waals surface area contributed by atoms with Gasteiger partial charge in [-0.2, -0.15) is 0 Å². The molecule has 0 spiro atoms. The fraction of sp³-hybridized carbons (Fsp3) is 0.429. The molecule has 0 heterocycles. The second-order valence-corrected chi connectivity index (χ2v) is 4.51. The number of oxime groups is 1. The van der Waals surface area contributed by atoms with Crippen molar-refractivity contribution >= 4 is 30.1 Å². The van der Waals surface area contributed by atoms with E-state index in [4.69, 9.17) is 10.6 Å². The Morgan fingerprint density at radius 3 is 2.52 bits per heavy atom. The number of rotatable bonds is 5. The third-order valence-electron chi connectivity index (χ3n) is 2.71. The fourth-order valence-corrected chi connectivity index (χ4v) is 1.62. The lowest BCUT2D eigenvalue weighted by Crippen LogP contribution is -2.40. The van der Waals surface area contributed by atoms with Crippen molar-refractivity contribution in [3.05, 3.63) is 29.3 Å². The Kier molecular flexibility index (Phi) is 8.96. The Labute approximate surface area is 131 Å². The van der Waals surface area contributed by atoms with Crippen LogP contribution >= 0.6 is 12.4 Å². The zero-order valence-corrected chi connectivity index (χ0v) is 13.4. The van der Waals surface area contributed by atoms with Gasteiger partial charge in [-0.05, 0) is 36.6 Å². The summed E-state index contributed by atoms with van der Waals surface area (Å²) >= 11 is 0. The predicted molar refractivity (Wildman–Crippen MR) is 87.8 cm³/mol. The molecule has 7 heteroatoms. The van der Waals surface area contributed by atoms with Gasteiger partial charge in [-0.3, -0.25) is 5.32 Å². The maximum Gasteiger partial charge on any atom is 0.326 e. The predicted octanol–water partition coefficient (Wildman–Crippen LogP) is 2.89. The number of carbonyl (C=O) groups is 1. The van der Waals surface area contributed by atoms with Crippen LogP contribution in [0.2, 0.25) is 0 Å². The molecule has 1 aromatic rings. The van der Waals surface area contributed by atoms with E-state index in [9.17, 15) is 4.79 Å². The molecule has 0 aromatic heterocycles. The molecule has 4 N–H and O–H groups in total. The summed E-state index contributed by atoms with van der Waals surface area (Å²) in [6, 6.07) is 5.34. The monoisotopic (exact) mass is 314 g/mol. The Morgan fingerprint density at radius 2 is 1.95 bits per heavy atom. The highest BCUT2D eigenvalue weighted by Gasteiger charge is 2.07. The molecule has 118 valence electrons. The highest BCUT2D eigenvalue weighted by molar-refractivity contribution is 6.02. The number of hydrogen-bond donors (Lipinski definition) is 3. The number of benzene rings is 1. The number of para-hydroxylation sites is 1. The van der Waals surface area contributed by atoms with Crippen molar-refractivity contribution in [2.24, 2.45) is 10.9 Å². The summed E-state index contributed by atoms with van der Waals surface area (Å²) in [6.07, 6.45) is 1.90. The molecule has 0 saturated carbocycles. The average molecular weight is 315 g/mol. The normalized spacial score (nSPS) is 10.5. The van der Waals surface area contributed by atoms with E-state index in [0.717, 1.165) is 29.7 Å². The molecule has 0 aliphatic rings. The summed E-state index contributed by atoms with van der Waals surface area (Å²) in [7, 11) is 0. The van der Waals surface area contributed by atoms with E-state index in [-0.39, 0.29) is 18.4 Å². The van der Waals surface area contributed by atoms with Gasteiger partial charge in [0, 0.05) is 5.69 Å². The lowest BCUT2D eigenvalue weighted by atomic mass is 10.1. The van der Waals surface area contributed by atoms with Gasteiger partial charge in [0.05, 0.1) is 0 Å². The Bertz CT molecular complexity index is 472. The molecule has 0 aliphatic carbocycles. The van der Waals surface area contributed by atoms with E-state index in [2.05, 4.69) is 15.8 Å². The molecular formula is C14H23ClN4O2. The molecule has 6 nitrogen and oxygen atoms in total. The second kappa shape index (κ2) is 9.88. The first kappa shape index (κ1) is 19.1. The van der Waals surface area contributed by atoms with Crippen LogP contribution in [-0.4, -0.2) is 18.6 Å². The van der Waals surface area contributed by atoms with Gasteiger partial charge in [0.15, 0.2) is 0 Å². The average Bonchev–Trinajstić information content (AvgIpc) is 2.39. The summed E-state index contributed by atoms with van der Waals surface area (Å²) in [5, 5.41) is 8.77. The number of unbranched alkanes of at least 4 members (excludes halogenated alkanes) is 1. The van der Waals surface area contributed by atoms with Crippen LogP contribution in [0, 0.1) is 13.8 Å². The number of urea groups is 1. The number of hydrogen-bond acceptors (Lipinski definition) is 3. The largest absolute Gasteiger partial charge is 0.393 e. The van der Waals surface area contributed by atoms with E-state index >= 15 is 0 Å². The number of amides is 2. The molecule has 0 unspecified atom stereocenters. The van der Waals surface area contributed by atoms with Crippen LogP contribution in [0.3, 0.4) is 0 Å². The zero-order chi connectivity index (χ0) is 15.0. The molecule has 21 heavy (non-hydrogen) atoms. The molecule has 0 saturated heterocycles. The van der Waals surface area contributed by atoms with Crippen LogP contribution in [0.1, 0.15) is 30.9 Å². The van der Waals surface area contributed by atoms with Crippen molar-refractivity contribution in [2.75, 3.05) is 11.9 Å². The third kappa shape index (κ3) is 6.85. The number of nitrogens with zero attached hydrogens (tertiary/aromatic N) is 1. The molecular weight excluding hydrogens is 292 g/mol. The Morgan fingerprint density at radius 1 is 1.33 bits per heavy atom. The number of guanidine groups is 1. The first-order chi connectivity index (χ1) is 9.54. The van der Waals surface area contributed by atoms with Crippen molar-refractivity contribution in [2.45, 2.75) is 33.6 Å². The maximum atomic E-state index is 11.8. The molecule has 0 atom stereocenters. The van der Waals surface area contributed by atoms with E-state index in [1.807, 2.05) is 39.0 Å². The van der Waals surface area contributed by atoms with Crippen LogP contribution in [-0.2, 0) is 4.84 Å². The molecule has 0 fully saturated rings. The Balaban J connectivity index is 0.00000400. The van der Waals surface area contributed by atoms with Gasteiger partial charge in [-0.25, -0.2) is 4.79 Å². The quantitative estimate of drug-likeness (QED) is 0.338. The third-order valence-corrected chi connectivity index (χ3v) is 2.71. The summed E-state index contributed by atoms with van der Waals surface area (Å²) < 4.78 is 0. The minimum absolute atomic E-state index is 0. The summed E-state index contributed by atoms with van der Waals surface area (Å²) in [6.45, 7) is 6.38. The van der Waals surface area contributed by atoms with E-state index < -0.39 is 6.03 Å². The van der Waals surface area contributed by atoms with Crippen LogP contribution < -0.4 is 16.4 Å². The highest BCUT2D eigenvalue weighted by Crippen LogP contribution is 2.18. The van der Waals surface area contributed by atoms with Crippen LogP contribution in [0.15, 0.2) is 23.4 Å². The van der Waals surface area contributed by atoms with E-state index in [1.165, 1.54) is 0 Å². The first-order valence-electron chi connectivity index (χ1n) is 6.64. The van der Waals surface area contributed by atoms with Gasteiger partial charge in [0.2, 0.25) is 5.96 Å². The lowest BCUT2D eigenvalue weighted by Gasteiger charge is -2.11. The minimum atomic E-state index is -0.442. The number of halogens is 1. The molecule has 1 rings (SSSR count). The van der Waals surface area contributed by atoms with Gasteiger partial charge in [0.1, 0.15) is 6.61 Å². The number of nitrogens with one attached hydrogen (secondary N) is 2. The van der Waals surface area contributed by atoms with Gasteiger partial charge in [-0.1, -0.05) is 31.5 Å². The zero-order valence-electron chi connectivity index (χ0n) is 12.6. The molecule has 0 aliphatic heterocycles. The standard InChI is InChI=1S/C14H22N4O2.ClH/c1-4-5-9-20-18-13(15)17-14(19)16-12-10(2)7-6-8-11(12)3;/h6-8H,4-5,9H2,1-3H3,(H4,15,16,17,18,19);1H. The summed E-state index contributed by atoms with van der Waals surface area (Å²) in [5.74, 6) is -0.0650. The lowest BCUT2D eigenvalue weighted by molar-refractivity contribution is 0.140. The van der Waals surface area contributed by atoms with Gasteiger partial charge in [-0.15, -0.1) is 12.4 Å². The van der Waals surface area contributed by atoms with Crippen molar-refractivity contribution in [3.8, 4) is 0 Å². The second-order valence-electron chi connectivity index (χ2n) is 4.51. The van der Waals surface area contributed by atoms with Gasteiger partial charge in [0.25, 0.3) is 0 Å². The number of carbonyl (C=O) groups excluding carboxylic acids is 1. The van der Waals surface area contributed by atoms with E-state index in [1.54, 1.807) is 0 Å². The minimum Gasteiger partial charge on any atom is -0.393 e.